The maximum atomic E-state index is 12.8. The van der Waals surface area contributed by atoms with Crippen molar-refractivity contribution >= 4 is 21.4 Å². The molecule has 0 saturated carbocycles. The summed E-state index contributed by atoms with van der Waals surface area (Å²) in [6.07, 6.45) is 0. The van der Waals surface area contributed by atoms with Gasteiger partial charge in [0.1, 0.15) is 4.21 Å². The van der Waals surface area contributed by atoms with Crippen LogP contribution in [0.5, 0.6) is 0 Å². The molecule has 1 N–H and O–H groups in total. The third-order valence-electron chi connectivity index (χ3n) is 3.32. The number of thiophene rings is 1. The first-order valence-corrected chi connectivity index (χ1v) is 9.08. The average Bonchev–Trinajstić information content (AvgIpc) is 2.85. The Morgan fingerprint density at radius 2 is 2.25 bits per heavy atom. The van der Waals surface area contributed by atoms with Crippen LogP contribution < -0.4 is 5.32 Å². The van der Waals surface area contributed by atoms with Gasteiger partial charge in [-0.15, -0.1) is 11.3 Å². The van der Waals surface area contributed by atoms with Gasteiger partial charge < -0.3 is 10.1 Å². The standard InChI is InChI=1S/C13H22N2O3S2/c1-4-14-8-11-7-12(19-9-11)20(16,17)15-5-6-18-10-13(15,2)3/h7,9,14H,4-6,8,10H2,1-3H3. The Balaban J connectivity index is 2.23. The highest BCUT2D eigenvalue weighted by Crippen LogP contribution is 2.30. The molecule has 1 aliphatic rings. The first-order valence-electron chi connectivity index (χ1n) is 6.76. The highest BCUT2D eigenvalue weighted by atomic mass is 32.2. The van der Waals surface area contributed by atoms with E-state index in [-0.39, 0.29) is 0 Å². The zero-order valence-electron chi connectivity index (χ0n) is 12.2. The number of sulfonamides is 1. The maximum absolute atomic E-state index is 12.8. The molecule has 0 aromatic carbocycles. The van der Waals surface area contributed by atoms with Gasteiger partial charge in [-0.3, -0.25) is 0 Å². The Hall–Kier alpha value is -0.470. The highest BCUT2D eigenvalue weighted by Gasteiger charge is 2.40. The fourth-order valence-electron chi connectivity index (χ4n) is 2.25. The van der Waals surface area contributed by atoms with Gasteiger partial charge in [-0.1, -0.05) is 6.92 Å². The van der Waals surface area contributed by atoms with Crippen LogP contribution in [0.3, 0.4) is 0 Å². The van der Waals surface area contributed by atoms with Crippen molar-refractivity contribution in [1.82, 2.24) is 9.62 Å². The smallest absolute Gasteiger partial charge is 0.253 e. The van der Waals surface area contributed by atoms with Crippen molar-refractivity contribution in [2.24, 2.45) is 0 Å². The Morgan fingerprint density at radius 1 is 1.50 bits per heavy atom. The van der Waals surface area contributed by atoms with E-state index in [0.29, 0.717) is 30.5 Å². The number of rotatable bonds is 5. The van der Waals surface area contributed by atoms with Crippen molar-refractivity contribution in [2.45, 2.75) is 37.1 Å². The number of morpholine rings is 1. The summed E-state index contributed by atoms with van der Waals surface area (Å²) in [5.41, 5.74) is 0.518. The van der Waals surface area contributed by atoms with Crippen molar-refractivity contribution in [1.29, 1.82) is 0 Å². The monoisotopic (exact) mass is 318 g/mol. The van der Waals surface area contributed by atoms with E-state index < -0.39 is 15.6 Å². The van der Waals surface area contributed by atoms with E-state index in [2.05, 4.69) is 5.32 Å². The summed E-state index contributed by atoms with van der Waals surface area (Å²) >= 11 is 1.29. The van der Waals surface area contributed by atoms with Crippen LogP contribution in [0.1, 0.15) is 26.3 Å². The van der Waals surface area contributed by atoms with Gasteiger partial charge in [0, 0.05) is 13.1 Å². The Morgan fingerprint density at radius 3 is 2.90 bits per heavy atom. The van der Waals surface area contributed by atoms with Crippen molar-refractivity contribution in [3.8, 4) is 0 Å². The summed E-state index contributed by atoms with van der Waals surface area (Å²) in [6, 6.07) is 1.77. The third-order valence-corrected chi connectivity index (χ3v) is 6.90. The van der Waals surface area contributed by atoms with Crippen LogP contribution in [0.25, 0.3) is 0 Å². The molecule has 1 aliphatic heterocycles. The summed E-state index contributed by atoms with van der Waals surface area (Å²) in [5.74, 6) is 0. The summed E-state index contributed by atoms with van der Waals surface area (Å²) in [7, 11) is -3.43. The maximum Gasteiger partial charge on any atom is 0.253 e. The van der Waals surface area contributed by atoms with Crippen molar-refractivity contribution < 1.29 is 13.2 Å². The fourth-order valence-corrected chi connectivity index (χ4v) is 5.32. The molecule has 1 fully saturated rings. The van der Waals surface area contributed by atoms with Gasteiger partial charge in [0.2, 0.25) is 0 Å². The number of hydrogen-bond acceptors (Lipinski definition) is 5. The predicted octanol–water partition coefficient (Wildman–Crippen LogP) is 1.66. The lowest BCUT2D eigenvalue weighted by molar-refractivity contribution is -0.00761. The normalized spacial score (nSPS) is 20.1. The predicted molar refractivity (Wildman–Crippen MR) is 80.5 cm³/mol. The molecule has 0 radical (unpaired) electrons. The highest BCUT2D eigenvalue weighted by molar-refractivity contribution is 7.91. The van der Waals surface area contributed by atoms with E-state index >= 15 is 0 Å². The van der Waals surface area contributed by atoms with E-state index in [1.54, 1.807) is 10.4 Å². The molecule has 7 heteroatoms. The molecule has 0 amide bonds. The second kappa shape index (κ2) is 6.11. The quantitative estimate of drug-likeness (QED) is 0.897. The van der Waals surface area contributed by atoms with Crippen LogP contribution in [0.4, 0.5) is 0 Å². The Labute approximate surface area is 125 Å². The molecule has 5 nitrogen and oxygen atoms in total. The molecule has 114 valence electrons. The van der Waals surface area contributed by atoms with Crippen molar-refractivity contribution in [3.63, 3.8) is 0 Å². The second-order valence-corrected chi connectivity index (χ2v) is 8.50. The van der Waals surface area contributed by atoms with Crippen LogP contribution in [-0.4, -0.2) is 44.6 Å². The largest absolute Gasteiger partial charge is 0.378 e. The van der Waals surface area contributed by atoms with Gasteiger partial charge in [0.15, 0.2) is 0 Å². The molecule has 1 aromatic rings. The van der Waals surface area contributed by atoms with Crippen molar-refractivity contribution in [2.75, 3.05) is 26.3 Å². The van der Waals surface area contributed by atoms with Crippen LogP contribution in [0.2, 0.25) is 0 Å². The lowest BCUT2D eigenvalue weighted by atomic mass is 10.1. The first kappa shape index (κ1) is 15.9. The summed E-state index contributed by atoms with van der Waals surface area (Å²) in [6.45, 7) is 8.70. The van der Waals surface area contributed by atoms with E-state index in [0.717, 1.165) is 12.1 Å². The molecule has 0 aliphatic carbocycles. The molecule has 0 unspecified atom stereocenters. The zero-order valence-corrected chi connectivity index (χ0v) is 13.8. The zero-order chi connectivity index (χ0) is 14.8. The molecule has 2 heterocycles. The molecule has 1 saturated heterocycles. The summed E-state index contributed by atoms with van der Waals surface area (Å²) in [5, 5.41) is 5.11. The minimum atomic E-state index is -3.43. The van der Waals surface area contributed by atoms with Gasteiger partial charge in [-0.25, -0.2) is 8.42 Å². The third kappa shape index (κ3) is 3.23. The lowest BCUT2D eigenvalue weighted by Crippen LogP contribution is -2.55. The molecule has 1 aromatic heterocycles. The van der Waals surface area contributed by atoms with E-state index in [1.807, 2.05) is 26.2 Å². The van der Waals surface area contributed by atoms with E-state index in [4.69, 9.17) is 4.74 Å². The van der Waals surface area contributed by atoms with Gasteiger partial charge in [0.05, 0.1) is 18.8 Å². The Kier molecular flexibility index (Phi) is 4.86. The Bertz CT molecular complexity index is 552. The van der Waals surface area contributed by atoms with Crippen LogP contribution in [0.15, 0.2) is 15.7 Å². The van der Waals surface area contributed by atoms with Gasteiger partial charge in [-0.2, -0.15) is 4.31 Å². The van der Waals surface area contributed by atoms with E-state index in [1.165, 1.54) is 11.3 Å². The molecule has 0 bridgehead atoms. The number of hydrogen-bond donors (Lipinski definition) is 1. The number of nitrogens with zero attached hydrogens (tertiary/aromatic N) is 1. The van der Waals surface area contributed by atoms with Crippen LogP contribution >= 0.6 is 11.3 Å². The van der Waals surface area contributed by atoms with Gasteiger partial charge in [0.25, 0.3) is 10.0 Å². The molecular formula is C13H22N2O3S2. The van der Waals surface area contributed by atoms with Crippen LogP contribution in [0, 0.1) is 0 Å². The summed E-state index contributed by atoms with van der Waals surface area (Å²) in [4.78, 5) is 0. The SMILES string of the molecule is CCNCc1csc(S(=O)(=O)N2CCOCC2(C)C)c1. The molecular weight excluding hydrogens is 296 g/mol. The topological polar surface area (TPSA) is 58.6 Å². The molecule has 0 atom stereocenters. The molecule has 0 spiro atoms. The number of ether oxygens (including phenoxy) is 1. The van der Waals surface area contributed by atoms with Gasteiger partial charge >= 0.3 is 0 Å². The lowest BCUT2D eigenvalue weighted by Gasteiger charge is -2.40. The minimum Gasteiger partial charge on any atom is -0.378 e. The second-order valence-electron chi connectivity index (χ2n) is 5.50. The van der Waals surface area contributed by atoms with E-state index in [9.17, 15) is 8.42 Å². The fraction of sp³-hybridized carbons (Fsp3) is 0.692. The average molecular weight is 318 g/mol. The van der Waals surface area contributed by atoms with Gasteiger partial charge in [-0.05, 0) is 37.4 Å². The number of nitrogens with one attached hydrogen (secondary N) is 1. The summed E-state index contributed by atoms with van der Waals surface area (Å²) < 4.78 is 32.9. The van der Waals surface area contributed by atoms with Crippen LogP contribution in [-0.2, 0) is 21.3 Å². The van der Waals surface area contributed by atoms with Crippen molar-refractivity contribution in [3.05, 3.63) is 17.0 Å². The minimum absolute atomic E-state index is 0.412. The molecule has 2 rings (SSSR count). The first-order chi connectivity index (χ1) is 9.38. The molecule has 20 heavy (non-hydrogen) atoms.